The molecule has 0 atom stereocenters. The third-order valence-corrected chi connectivity index (χ3v) is 2.80. The van der Waals surface area contributed by atoms with E-state index < -0.39 is 0 Å². The van der Waals surface area contributed by atoms with Crippen molar-refractivity contribution in [1.82, 2.24) is 9.97 Å². The Morgan fingerprint density at radius 3 is 3.00 bits per heavy atom. The molecule has 0 fully saturated rings. The summed E-state index contributed by atoms with van der Waals surface area (Å²) in [6.07, 6.45) is 6.43. The maximum absolute atomic E-state index is 12.8. The Morgan fingerprint density at radius 2 is 2.33 bits per heavy atom. The highest BCUT2D eigenvalue weighted by Gasteiger charge is 2.06. The molecule has 4 heteroatoms. The van der Waals surface area contributed by atoms with Crippen LogP contribution in [-0.4, -0.2) is 9.97 Å². The molecule has 0 aliphatic carbocycles. The van der Waals surface area contributed by atoms with Gasteiger partial charge in [-0.05, 0) is 30.0 Å². The molecule has 2 heterocycles. The molecule has 0 N–H and O–H groups in total. The highest BCUT2D eigenvalue weighted by atomic mass is 32.1. The highest BCUT2D eigenvalue weighted by Crippen LogP contribution is 2.29. The normalized spacial score (nSPS) is 11.7. The van der Waals surface area contributed by atoms with Gasteiger partial charge in [-0.1, -0.05) is 0 Å². The molecule has 2 aromatic rings. The van der Waals surface area contributed by atoms with E-state index in [1.54, 1.807) is 18.6 Å². The van der Waals surface area contributed by atoms with Gasteiger partial charge in [-0.3, -0.25) is 9.97 Å². The Bertz CT molecular complexity index is 472. The van der Waals surface area contributed by atoms with Crippen LogP contribution in [0, 0.1) is 0 Å². The Balaban J connectivity index is 2.46. The van der Waals surface area contributed by atoms with Crippen LogP contribution in [0.15, 0.2) is 35.9 Å². The van der Waals surface area contributed by atoms with Crippen LogP contribution in [0.3, 0.4) is 0 Å². The molecule has 0 spiro atoms. The summed E-state index contributed by atoms with van der Waals surface area (Å²) in [5.74, 6) is -0.210. The second-order valence-corrected chi connectivity index (χ2v) is 3.94. The monoisotopic (exact) mass is 220 g/mol. The van der Waals surface area contributed by atoms with Gasteiger partial charge < -0.3 is 0 Å². The lowest BCUT2D eigenvalue weighted by Crippen LogP contribution is -1.82. The zero-order valence-electron chi connectivity index (χ0n) is 8.14. The lowest BCUT2D eigenvalue weighted by Gasteiger charge is -1.97. The van der Waals surface area contributed by atoms with E-state index in [-0.39, 0.29) is 5.83 Å². The first-order chi connectivity index (χ1) is 7.27. The van der Waals surface area contributed by atoms with Crippen molar-refractivity contribution in [1.29, 1.82) is 0 Å². The molecule has 0 saturated heterocycles. The van der Waals surface area contributed by atoms with Crippen LogP contribution in [-0.2, 0) is 0 Å². The molecule has 0 saturated carbocycles. The number of hydrogen-bond acceptors (Lipinski definition) is 3. The molecule has 0 aromatic carbocycles. The van der Waals surface area contributed by atoms with E-state index in [4.69, 9.17) is 0 Å². The molecule has 0 aliphatic rings. The lowest BCUT2D eigenvalue weighted by atomic mass is 10.2. The average Bonchev–Trinajstić information content (AvgIpc) is 2.66. The van der Waals surface area contributed by atoms with Crippen molar-refractivity contribution in [3.05, 3.63) is 41.4 Å². The fourth-order valence-electron chi connectivity index (χ4n) is 1.27. The van der Waals surface area contributed by atoms with Crippen molar-refractivity contribution >= 4 is 17.4 Å². The fourth-order valence-corrected chi connectivity index (χ4v) is 2.11. The van der Waals surface area contributed by atoms with Gasteiger partial charge in [-0.25, -0.2) is 4.39 Å². The van der Waals surface area contributed by atoms with E-state index in [0.717, 1.165) is 16.1 Å². The maximum atomic E-state index is 12.8. The second kappa shape index (κ2) is 4.31. The minimum absolute atomic E-state index is 0.210. The minimum atomic E-state index is -0.210. The van der Waals surface area contributed by atoms with Gasteiger partial charge in [0.05, 0.1) is 22.6 Å². The number of nitrogens with zero attached hydrogens (tertiary/aromatic N) is 2. The molecule has 0 amide bonds. The van der Waals surface area contributed by atoms with Crippen molar-refractivity contribution in [3.63, 3.8) is 0 Å². The molecule has 0 unspecified atom stereocenters. The summed E-state index contributed by atoms with van der Waals surface area (Å²) in [7, 11) is 0. The minimum Gasteiger partial charge on any atom is -0.261 e. The van der Waals surface area contributed by atoms with Crippen LogP contribution in [0.2, 0.25) is 0 Å². The Morgan fingerprint density at radius 1 is 1.47 bits per heavy atom. The van der Waals surface area contributed by atoms with E-state index in [1.165, 1.54) is 24.3 Å². The van der Waals surface area contributed by atoms with Crippen molar-refractivity contribution < 1.29 is 4.39 Å². The Labute approximate surface area is 91.1 Å². The summed E-state index contributed by atoms with van der Waals surface area (Å²) in [6, 6.07) is 1.87. The standard InChI is InChI=1S/C11H9FN2S/c1-8(12)6-9-2-5-15-11(9)10-7-13-3-4-14-10/h2-7H,1H3/b8-6-. The quantitative estimate of drug-likeness (QED) is 0.773. The van der Waals surface area contributed by atoms with Gasteiger partial charge in [-0.2, -0.15) is 0 Å². The first-order valence-corrected chi connectivity index (χ1v) is 5.33. The van der Waals surface area contributed by atoms with Crippen LogP contribution in [0.4, 0.5) is 4.39 Å². The van der Waals surface area contributed by atoms with Gasteiger partial charge in [0.25, 0.3) is 0 Å². The van der Waals surface area contributed by atoms with Crippen LogP contribution in [0.5, 0.6) is 0 Å². The summed E-state index contributed by atoms with van der Waals surface area (Å²) >= 11 is 1.53. The third-order valence-electron chi connectivity index (χ3n) is 1.85. The summed E-state index contributed by atoms with van der Waals surface area (Å²) in [5, 5.41) is 1.92. The van der Waals surface area contributed by atoms with Crippen LogP contribution < -0.4 is 0 Å². The highest BCUT2D eigenvalue weighted by molar-refractivity contribution is 7.13. The van der Waals surface area contributed by atoms with Gasteiger partial charge in [0.15, 0.2) is 0 Å². The number of halogens is 1. The van der Waals surface area contributed by atoms with E-state index in [0.29, 0.717) is 0 Å². The molecular weight excluding hydrogens is 211 g/mol. The molecule has 2 nitrogen and oxygen atoms in total. The Kier molecular flexibility index (Phi) is 2.87. The first-order valence-electron chi connectivity index (χ1n) is 4.45. The van der Waals surface area contributed by atoms with Gasteiger partial charge in [0.2, 0.25) is 0 Å². The van der Waals surface area contributed by atoms with Gasteiger partial charge >= 0.3 is 0 Å². The predicted molar refractivity (Wildman–Crippen MR) is 60.1 cm³/mol. The van der Waals surface area contributed by atoms with Crippen molar-refractivity contribution in [2.75, 3.05) is 0 Å². The summed E-state index contributed by atoms with van der Waals surface area (Å²) < 4.78 is 12.8. The summed E-state index contributed by atoms with van der Waals surface area (Å²) in [6.45, 7) is 1.43. The van der Waals surface area contributed by atoms with E-state index in [1.807, 2.05) is 11.4 Å². The average molecular weight is 220 g/mol. The predicted octanol–water partition coefficient (Wildman–Crippen LogP) is 3.54. The fraction of sp³-hybridized carbons (Fsp3) is 0.0909. The van der Waals surface area contributed by atoms with Gasteiger partial charge in [0.1, 0.15) is 0 Å². The number of thiophene rings is 1. The second-order valence-electron chi connectivity index (χ2n) is 3.03. The zero-order valence-corrected chi connectivity index (χ0v) is 8.96. The van der Waals surface area contributed by atoms with Crippen molar-refractivity contribution in [2.24, 2.45) is 0 Å². The number of allylic oxidation sites excluding steroid dienone is 1. The maximum Gasteiger partial charge on any atom is 0.0990 e. The molecule has 76 valence electrons. The van der Waals surface area contributed by atoms with E-state index in [9.17, 15) is 4.39 Å². The topological polar surface area (TPSA) is 25.8 Å². The molecule has 0 radical (unpaired) electrons. The molecule has 0 aliphatic heterocycles. The van der Waals surface area contributed by atoms with Gasteiger partial charge in [0, 0.05) is 12.4 Å². The van der Waals surface area contributed by atoms with Gasteiger partial charge in [-0.15, -0.1) is 11.3 Å². The number of rotatable bonds is 2. The van der Waals surface area contributed by atoms with E-state index >= 15 is 0 Å². The first kappa shape index (κ1) is 9.98. The summed E-state index contributed by atoms with van der Waals surface area (Å²) in [5.41, 5.74) is 1.63. The zero-order chi connectivity index (χ0) is 10.7. The largest absolute Gasteiger partial charge is 0.261 e. The smallest absolute Gasteiger partial charge is 0.0990 e. The molecule has 2 aromatic heterocycles. The Hall–Kier alpha value is -1.55. The van der Waals surface area contributed by atoms with Crippen molar-refractivity contribution in [2.45, 2.75) is 6.92 Å². The number of hydrogen-bond donors (Lipinski definition) is 0. The van der Waals surface area contributed by atoms with Crippen LogP contribution in [0.25, 0.3) is 16.6 Å². The van der Waals surface area contributed by atoms with Crippen LogP contribution >= 0.6 is 11.3 Å². The lowest BCUT2D eigenvalue weighted by molar-refractivity contribution is 0.648. The number of aromatic nitrogens is 2. The molecule has 15 heavy (non-hydrogen) atoms. The third kappa shape index (κ3) is 2.27. The van der Waals surface area contributed by atoms with E-state index in [2.05, 4.69) is 9.97 Å². The summed E-state index contributed by atoms with van der Waals surface area (Å²) in [4.78, 5) is 9.12. The SMILES string of the molecule is C/C(F)=C/c1ccsc1-c1cnccn1. The molecule has 0 bridgehead atoms. The van der Waals surface area contributed by atoms with Crippen LogP contribution in [0.1, 0.15) is 12.5 Å². The molecular formula is C11H9FN2S. The van der Waals surface area contributed by atoms with Crippen molar-refractivity contribution in [3.8, 4) is 10.6 Å². The molecule has 2 rings (SSSR count).